The molecule has 0 aliphatic carbocycles. The summed E-state index contributed by atoms with van der Waals surface area (Å²) in [4.78, 5) is 0. The molecule has 0 fully saturated rings. The molecule has 2 heteroatoms. The Morgan fingerprint density at radius 1 is 1.18 bits per heavy atom. The molecule has 0 N–H and O–H groups in total. The zero-order chi connectivity index (χ0) is 12.1. The summed E-state index contributed by atoms with van der Waals surface area (Å²) >= 11 is 0. The number of ether oxygens (including phenoxy) is 2. The Hall–Kier alpha value is -1.44. The van der Waals surface area contributed by atoms with Crippen LogP contribution in [0, 0.1) is 0 Å². The van der Waals surface area contributed by atoms with Gasteiger partial charge in [-0.05, 0) is 36.1 Å². The van der Waals surface area contributed by atoms with Crippen LogP contribution in [0.15, 0.2) is 24.3 Å². The molecular weight excluding hydrogens is 212 g/mol. The lowest BCUT2D eigenvalue weighted by Gasteiger charge is -2.07. The second-order valence-electron chi connectivity index (χ2n) is 4.34. The van der Waals surface area contributed by atoms with Gasteiger partial charge in [0.15, 0.2) is 11.5 Å². The van der Waals surface area contributed by atoms with Crippen LogP contribution >= 0.6 is 0 Å². The van der Waals surface area contributed by atoms with Gasteiger partial charge in [-0.25, -0.2) is 0 Å². The highest BCUT2D eigenvalue weighted by Gasteiger charge is 2.14. The Bertz CT molecular complexity index is 407. The fourth-order valence-electron chi connectivity index (χ4n) is 2.05. The molecule has 0 saturated carbocycles. The number of benzene rings is 1. The van der Waals surface area contributed by atoms with Gasteiger partial charge >= 0.3 is 0 Å². The summed E-state index contributed by atoms with van der Waals surface area (Å²) in [5.74, 6) is 1.74. The summed E-state index contributed by atoms with van der Waals surface area (Å²) in [6.45, 7) is 4.77. The van der Waals surface area contributed by atoms with E-state index >= 15 is 0 Å². The maximum atomic E-state index is 5.42. The maximum absolute atomic E-state index is 5.42. The fraction of sp³-hybridized carbons (Fsp3) is 0.467. The highest BCUT2D eigenvalue weighted by molar-refractivity contribution is 5.68. The minimum atomic E-state index is 0.348. The molecule has 0 atom stereocenters. The zero-order valence-electron chi connectivity index (χ0n) is 10.7. The molecular formula is C15H20O2. The summed E-state index contributed by atoms with van der Waals surface area (Å²) in [5.41, 5.74) is 2.69. The third-order valence-electron chi connectivity index (χ3n) is 2.94. The summed E-state index contributed by atoms with van der Waals surface area (Å²) < 4.78 is 10.8. The Morgan fingerprint density at radius 2 is 2.00 bits per heavy atom. The third kappa shape index (κ3) is 2.82. The van der Waals surface area contributed by atoms with Crippen LogP contribution in [-0.2, 0) is 0 Å². The van der Waals surface area contributed by atoms with Crippen LogP contribution in [0.2, 0.25) is 0 Å². The smallest absolute Gasteiger partial charge is 0.231 e. The van der Waals surface area contributed by atoms with E-state index < -0.39 is 0 Å². The molecule has 0 radical (unpaired) electrons. The molecule has 1 aromatic rings. The summed E-state index contributed by atoms with van der Waals surface area (Å²) in [6.07, 6.45) is 6.98. The lowest BCUT2D eigenvalue weighted by molar-refractivity contribution is 0.174. The van der Waals surface area contributed by atoms with Crippen molar-refractivity contribution in [3.63, 3.8) is 0 Å². The van der Waals surface area contributed by atoms with Crippen molar-refractivity contribution in [2.24, 2.45) is 0 Å². The molecule has 0 saturated heterocycles. The van der Waals surface area contributed by atoms with Gasteiger partial charge in [-0.2, -0.15) is 0 Å². The second kappa shape index (κ2) is 5.76. The van der Waals surface area contributed by atoms with Gasteiger partial charge < -0.3 is 9.47 Å². The molecule has 0 amide bonds. The molecule has 1 aliphatic rings. The number of fused-ring (bicyclic) bond motifs is 1. The maximum Gasteiger partial charge on any atom is 0.231 e. The average molecular weight is 232 g/mol. The Kier molecular flexibility index (Phi) is 4.08. The first-order chi connectivity index (χ1) is 8.35. The molecule has 0 bridgehead atoms. The summed E-state index contributed by atoms with van der Waals surface area (Å²) in [6, 6.07) is 6.23. The number of rotatable bonds is 5. The molecule has 17 heavy (non-hydrogen) atoms. The van der Waals surface area contributed by atoms with Gasteiger partial charge in [-0.1, -0.05) is 38.8 Å². The van der Waals surface area contributed by atoms with Crippen LogP contribution in [0.25, 0.3) is 5.57 Å². The lowest BCUT2D eigenvalue weighted by atomic mass is 9.99. The molecule has 0 aromatic heterocycles. The molecule has 92 valence electrons. The Balaban J connectivity index is 2.23. The van der Waals surface area contributed by atoms with Gasteiger partial charge in [0.2, 0.25) is 6.79 Å². The first-order valence-electron chi connectivity index (χ1n) is 6.44. The Labute approximate surface area is 103 Å². The molecule has 0 unspecified atom stereocenters. The number of unbranched alkanes of at least 4 members (excludes halogenated alkanes) is 1. The zero-order valence-corrected chi connectivity index (χ0v) is 10.7. The van der Waals surface area contributed by atoms with Crippen molar-refractivity contribution in [3.8, 4) is 11.5 Å². The van der Waals surface area contributed by atoms with Crippen molar-refractivity contribution < 1.29 is 9.47 Å². The van der Waals surface area contributed by atoms with Gasteiger partial charge in [-0.3, -0.25) is 0 Å². The molecule has 2 nitrogen and oxygen atoms in total. The van der Waals surface area contributed by atoms with Gasteiger partial charge in [0.1, 0.15) is 0 Å². The molecule has 0 spiro atoms. The normalized spacial score (nSPS) is 14.1. The molecule has 2 rings (SSSR count). The second-order valence-corrected chi connectivity index (χ2v) is 4.34. The van der Waals surface area contributed by atoms with E-state index in [2.05, 4.69) is 32.1 Å². The lowest BCUT2D eigenvalue weighted by Crippen LogP contribution is -1.93. The predicted molar refractivity (Wildman–Crippen MR) is 70.4 cm³/mol. The van der Waals surface area contributed by atoms with Crippen molar-refractivity contribution in [3.05, 3.63) is 29.8 Å². The SMILES string of the molecule is CCC/C=C(/CCC)c1ccc2c(c1)OCO2. The van der Waals surface area contributed by atoms with Gasteiger partial charge in [-0.15, -0.1) is 0 Å². The molecule has 1 aliphatic heterocycles. The highest BCUT2D eigenvalue weighted by Crippen LogP contribution is 2.35. The minimum absolute atomic E-state index is 0.348. The fourth-order valence-corrected chi connectivity index (χ4v) is 2.05. The number of hydrogen-bond donors (Lipinski definition) is 0. The highest BCUT2D eigenvalue weighted by atomic mass is 16.7. The minimum Gasteiger partial charge on any atom is -0.454 e. The first kappa shape index (κ1) is 12.0. The number of hydrogen-bond acceptors (Lipinski definition) is 2. The van der Waals surface area contributed by atoms with Crippen molar-refractivity contribution in [2.45, 2.75) is 39.5 Å². The van der Waals surface area contributed by atoms with Crippen LogP contribution in [0.5, 0.6) is 11.5 Å². The van der Waals surface area contributed by atoms with Gasteiger partial charge in [0.25, 0.3) is 0 Å². The molecule has 1 heterocycles. The van der Waals surface area contributed by atoms with Crippen molar-refractivity contribution in [2.75, 3.05) is 6.79 Å². The third-order valence-corrected chi connectivity index (χ3v) is 2.94. The van der Waals surface area contributed by atoms with Crippen molar-refractivity contribution >= 4 is 5.57 Å². The first-order valence-corrected chi connectivity index (χ1v) is 6.44. The number of allylic oxidation sites excluding steroid dienone is 2. The van der Waals surface area contributed by atoms with Gasteiger partial charge in [0, 0.05) is 0 Å². The summed E-state index contributed by atoms with van der Waals surface area (Å²) in [7, 11) is 0. The topological polar surface area (TPSA) is 18.5 Å². The van der Waals surface area contributed by atoms with Crippen LogP contribution in [0.4, 0.5) is 0 Å². The standard InChI is InChI=1S/C15H20O2/c1-3-5-7-12(6-4-2)13-8-9-14-15(10-13)17-11-16-14/h7-10H,3-6,11H2,1-2H3/b12-7-. The predicted octanol–water partition coefficient (Wildman–Crippen LogP) is 4.40. The van der Waals surface area contributed by atoms with E-state index in [1.54, 1.807) is 0 Å². The van der Waals surface area contributed by atoms with E-state index in [1.807, 2.05) is 6.07 Å². The van der Waals surface area contributed by atoms with Crippen LogP contribution < -0.4 is 9.47 Å². The van der Waals surface area contributed by atoms with E-state index in [0.717, 1.165) is 24.3 Å². The van der Waals surface area contributed by atoms with Crippen LogP contribution in [0.3, 0.4) is 0 Å². The van der Waals surface area contributed by atoms with Crippen LogP contribution in [0.1, 0.15) is 45.1 Å². The van der Waals surface area contributed by atoms with E-state index in [0.29, 0.717) is 6.79 Å². The summed E-state index contributed by atoms with van der Waals surface area (Å²) in [5, 5.41) is 0. The van der Waals surface area contributed by atoms with E-state index in [4.69, 9.17) is 9.47 Å². The van der Waals surface area contributed by atoms with Crippen molar-refractivity contribution in [1.82, 2.24) is 0 Å². The van der Waals surface area contributed by atoms with E-state index in [9.17, 15) is 0 Å². The van der Waals surface area contributed by atoms with Gasteiger partial charge in [0.05, 0.1) is 0 Å². The van der Waals surface area contributed by atoms with Crippen LogP contribution in [-0.4, -0.2) is 6.79 Å². The largest absolute Gasteiger partial charge is 0.454 e. The van der Waals surface area contributed by atoms with E-state index in [1.165, 1.54) is 24.0 Å². The average Bonchev–Trinajstić information content (AvgIpc) is 2.81. The van der Waals surface area contributed by atoms with E-state index in [-0.39, 0.29) is 0 Å². The monoisotopic (exact) mass is 232 g/mol. The molecule has 1 aromatic carbocycles. The van der Waals surface area contributed by atoms with Crippen molar-refractivity contribution in [1.29, 1.82) is 0 Å². The Morgan fingerprint density at radius 3 is 2.76 bits per heavy atom. The quantitative estimate of drug-likeness (QED) is 0.749.